The summed E-state index contributed by atoms with van der Waals surface area (Å²) >= 11 is 6.05. The Morgan fingerprint density at radius 3 is 2.65 bits per heavy atom. The van der Waals surface area contributed by atoms with E-state index >= 15 is 0 Å². The van der Waals surface area contributed by atoms with E-state index < -0.39 is 0 Å². The molecule has 0 aromatic heterocycles. The molecule has 0 unspecified atom stereocenters. The molecule has 5 nitrogen and oxygen atoms in total. The molecule has 0 spiro atoms. The van der Waals surface area contributed by atoms with E-state index in [0.29, 0.717) is 13.0 Å². The molecule has 1 heterocycles. The molecule has 1 fully saturated rings. The zero-order chi connectivity index (χ0) is 15.8. The van der Waals surface area contributed by atoms with Gasteiger partial charge in [0.2, 0.25) is 5.91 Å². The quantitative estimate of drug-likeness (QED) is 0.727. The number of nitrogens with zero attached hydrogens (tertiary/aromatic N) is 2. The zero-order valence-electron chi connectivity index (χ0n) is 13.3. The normalized spacial score (nSPS) is 15.1. The summed E-state index contributed by atoms with van der Waals surface area (Å²) in [6.07, 6.45) is 1.39. The molecule has 2 rings (SSSR count). The molecule has 1 aliphatic heterocycles. The van der Waals surface area contributed by atoms with Gasteiger partial charge >= 0.3 is 0 Å². The number of halogens is 2. The van der Waals surface area contributed by atoms with Crippen LogP contribution in [0, 0.1) is 0 Å². The molecular formula is C16H26Cl2N4O. The second-order valence-electron chi connectivity index (χ2n) is 5.55. The average molecular weight is 361 g/mol. The van der Waals surface area contributed by atoms with Crippen molar-refractivity contribution in [3.8, 4) is 0 Å². The molecule has 0 bridgehead atoms. The van der Waals surface area contributed by atoms with Crippen LogP contribution in [0.2, 0.25) is 5.02 Å². The molecule has 1 aromatic carbocycles. The summed E-state index contributed by atoms with van der Waals surface area (Å²) in [5, 5.41) is 3.68. The second kappa shape index (κ2) is 10.7. The molecule has 130 valence electrons. The molecule has 0 saturated carbocycles. The van der Waals surface area contributed by atoms with Crippen LogP contribution >= 0.6 is 24.0 Å². The summed E-state index contributed by atoms with van der Waals surface area (Å²) in [6, 6.07) is 8.02. The molecule has 23 heavy (non-hydrogen) atoms. The largest absolute Gasteiger partial charge is 0.369 e. The molecule has 0 atom stereocenters. The fraction of sp³-hybridized carbons (Fsp3) is 0.562. The van der Waals surface area contributed by atoms with Crippen LogP contribution in [0.25, 0.3) is 0 Å². The molecule has 0 aliphatic carbocycles. The number of amides is 1. The first kappa shape index (κ1) is 20.0. The van der Waals surface area contributed by atoms with Gasteiger partial charge in [0.25, 0.3) is 0 Å². The predicted octanol–water partition coefficient (Wildman–Crippen LogP) is 1.74. The Balaban J connectivity index is 0.00000264. The maximum atomic E-state index is 11.3. The number of benzene rings is 1. The van der Waals surface area contributed by atoms with Crippen molar-refractivity contribution in [1.29, 1.82) is 0 Å². The predicted molar refractivity (Wildman–Crippen MR) is 98.7 cm³/mol. The minimum Gasteiger partial charge on any atom is -0.369 e. The molecule has 7 heteroatoms. The second-order valence-corrected chi connectivity index (χ2v) is 5.99. The van der Waals surface area contributed by atoms with Gasteiger partial charge in [0.1, 0.15) is 0 Å². The van der Waals surface area contributed by atoms with Gasteiger partial charge in [-0.15, -0.1) is 12.4 Å². The standard InChI is InChI=1S/C16H25ClN4O.ClH/c17-14-3-1-4-15(13-14)21-11-9-20(10-12-21)8-2-7-19-16(22)5-6-18;/h1,3-4,13H,2,5-12,18H2,(H,19,22);1H. The van der Waals surface area contributed by atoms with E-state index in [-0.39, 0.29) is 18.3 Å². The summed E-state index contributed by atoms with van der Waals surface area (Å²) in [5.41, 5.74) is 6.53. The van der Waals surface area contributed by atoms with Crippen LogP contribution in [0.1, 0.15) is 12.8 Å². The maximum Gasteiger partial charge on any atom is 0.221 e. The number of rotatable bonds is 7. The molecule has 1 aromatic rings. The third-order valence-electron chi connectivity index (χ3n) is 3.89. The Morgan fingerprint density at radius 2 is 2.00 bits per heavy atom. The van der Waals surface area contributed by atoms with Crippen molar-refractivity contribution in [2.24, 2.45) is 5.73 Å². The number of piperazine rings is 1. The fourth-order valence-corrected chi connectivity index (χ4v) is 2.84. The number of carbonyl (C=O) groups is 1. The van der Waals surface area contributed by atoms with Crippen LogP contribution in [0.3, 0.4) is 0 Å². The number of hydrogen-bond donors (Lipinski definition) is 2. The van der Waals surface area contributed by atoms with E-state index in [9.17, 15) is 4.79 Å². The Kier molecular flexibility index (Phi) is 9.33. The molecule has 1 saturated heterocycles. The Bertz CT molecular complexity index is 479. The maximum absolute atomic E-state index is 11.3. The smallest absolute Gasteiger partial charge is 0.221 e. The lowest BCUT2D eigenvalue weighted by atomic mass is 10.2. The molecule has 1 aliphatic rings. The van der Waals surface area contributed by atoms with E-state index in [1.807, 2.05) is 18.2 Å². The van der Waals surface area contributed by atoms with Crippen LogP contribution in [0.15, 0.2) is 24.3 Å². The number of hydrogen-bond acceptors (Lipinski definition) is 4. The minimum atomic E-state index is 0. The molecule has 3 N–H and O–H groups in total. The van der Waals surface area contributed by atoms with Gasteiger partial charge < -0.3 is 16.0 Å². The Labute approximate surface area is 149 Å². The first-order chi connectivity index (χ1) is 10.7. The fourth-order valence-electron chi connectivity index (χ4n) is 2.65. The van der Waals surface area contributed by atoms with Gasteiger partial charge in [-0.2, -0.15) is 0 Å². The van der Waals surface area contributed by atoms with Gasteiger partial charge in [-0.25, -0.2) is 0 Å². The van der Waals surface area contributed by atoms with Crippen molar-refractivity contribution >= 4 is 35.6 Å². The van der Waals surface area contributed by atoms with Crippen molar-refractivity contribution < 1.29 is 4.79 Å². The number of anilines is 1. The van der Waals surface area contributed by atoms with E-state index in [0.717, 1.165) is 50.7 Å². The molecule has 1 amide bonds. The lowest BCUT2D eigenvalue weighted by Crippen LogP contribution is -2.47. The van der Waals surface area contributed by atoms with Gasteiger partial charge in [-0.1, -0.05) is 17.7 Å². The van der Waals surface area contributed by atoms with Crippen LogP contribution < -0.4 is 16.0 Å². The van der Waals surface area contributed by atoms with E-state index in [1.165, 1.54) is 5.69 Å². The third-order valence-corrected chi connectivity index (χ3v) is 4.13. The van der Waals surface area contributed by atoms with E-state index in [4.69, 9.17) is 17.3 Å². The van der Waals surface area contributed by atoms with Crippen LogP contribution in [0.5, 0.6) is 0 Å². The van der Waals surface area contributed by atoms with Crippen LogP contribution in [0.4, 0.5) is 5.69 Å². The third kappa shape index (κ3) is 6.96. The topological polar surface area (TPSA) is 61.6 Å². The molecule has 0 radical (unpaired) electrons. The zero-order valence-corrected chi connectivity index (χ0v) is 14.9. The summed E-state index contributed by atoms with van der Waals surface area (Å²) < 4.78 is 0. The summed E-state index contributed by atoms with van der Waals surface area (Å²) in [7, 11) is 0. The highest BCUT2D eigenvalue weighted by Crippen LogP contribution is 2.20. The first-order valence-electron chi connectivity index (χ1n) is 7.88. The van der Waals surface area contributed by atoms with Gasteiger partial charge in [0.15, 0.2) is 0 Å². The highest BCUT2D eigenvalue weighted by molar-refractivity contribution is 6.30. The average Bonchev–Trinajstić information content (AvgIpc) is 2.52. The van der Waals surface area contributed by atoms with Gasteiger partial charge in [-0.05, 0) is 31.2 Å². The summed E-state index contributed by atoms with van der Waals surface area (Å²) in [5.74, 6) is 0.0493. The molecular weight excluding hydrogens is 335 g/mol. The highest BCUT2D eigenvalue weighted by Gasteiger charge is 2.16. The van der Waals surface area contributed by atoms with Crippen molar-refractivity contribution in [3.63, 3.8) is 0 Å². The van der Waals surface area contributed by atoms with Crippen LogP contribution in [-0.2, 0) is 4.79 Å². The van der Waals surface area contributed by atoms with Gasteiger partial charge in [0, 0.05) is 56.4 Å². The summed E-state index contributed by atoms with van der Waals surface area (Å²) in [4.78, 5) is 16.1. The van der Waals surface area contributed by atoms with Gasteiger partial charge in [0.05, 0.1) is 0 Å². The lowest BCUT2D eigenvalue weighted by Gasteiger charge is -2.36. The highest BCUT2D eigenvalue weighted by atomic mass is 35.5. The Morgan fingerprint density at radius 1 is 1.26 bits per heavy atom. The van der Waals surface area contributed by atoms with Crippen molar-refractivity contribution in [2.45, 2.75) is 12.8 Å². The minimum absolute atomic E-state index is 0. The Hall–Kier alpha value is -1.01. The van der Waals surface area contributed by atoms with E-state index in [2.05, 4.69) is 21.2 Å². The first-order valence-corrected chi connectivity index (χ1v) is 8.26. The lowest BCUT2D eigenvalue weighted by molar-refractivity contribution is -0.120. The SMILES string of the molecule is Cl.NCCC(=O)NCCCN1CCN(c2cccc(Cl)c2)CC1. The van der Waals surface area contributed by atoms with Crippen LogP contribution in [-0.4, -0.2) is 56.6 Å². The van der Waals surface area contributed by atoms with Gasteiger partial charge in [-0.3, -0.25) is 9.69 Å². The van der Waals surface area contributed by atoms with Crippen molar-refractivity contribution in [2.75, 3.05) is 50.7 Å². The number of carbonyl (C=O) groups excluding carboxylic acids is 1. The number of nitrogens with two attached hydrogens (primary N) is 1. The number of nitrogens with one attached hydrogen (secondary N) is 1. The van der Waals surface area contributed by atoms with Crippen molar-refractivity contribution in [1.82, 2.24) is 10.2 Å². The monoisotopic (exact) mass is 360 g/mol. The summed E-state index contributed by atoms with van der Waals surface area (Å²) in [6.45, 7) is 6.28. The van der Waals surface area contributed by atoms with Crippen molar-refractivity contribution in [3.05, 3.63) is 29.3 Å². The van der Waals surface area contributed by atoms with E-state index in [1.54, 1.807) is 0 Å².